The highest BCUT2D eigenvalue weighted by molar-refractivity contribution is 7.90. The van der Waals surface area contributed by atoms with Gasteiger partial charge >= 0.3 is 12.1 Å². The van der Waals surface area contributed by atoms with E-state index in [1.807, 2.05) is 55.5 Å². The van der Waals surface area contributed by atoms with Gasteiger partial charge in [-0.25, -0.2) is 18.0 Å². The Hall–Kier alpha value is -3.40. The third-order valence-electron chi connectivity index (χ3n) is 5.92. The van der Waals surface area contributed by atoms with Gasteiger partial charge in [0, 0.05) is 12.2 Å². The Kier molecular flexibility index (Phi) is 8.50. The number of carboxylic acid groups (broad SMARTS) is 1. The van der Waals surface area contributed by atoms with Crippen molar-refractivity contribution in [2.24, 2.45) is 0 Å². The quantitative estimate of drug-likeness (QED) is 0.429. The molecule has 0 spiro atoms. The SMILES string of the molecule is CCC[C@H](NC(=O)OCC1c2ccccc2-c2ccccc21)C(=O)NC(CCS(C)(=O)=O)C(=O)O. The summed E-state index contributed by atoms with van der Waals surface area (Å²) >= 11 is 0. The lowest BCUT2D eigenvalue weighted by molar-refractivity contribution is -0.142. The van der Waals surface area contributed by atoms with Gasteiger partial charge in [0.05, 0.1) is 5.75 Å². The fraction of sp³-hybridized carbons (Fsp3) is 0.400. The zero-order chi connectivity index (χ0) is 25.6. The standard InChI is InChI=1S/C25H30N2O7S/c1-3-8-21(23(28)26-22(24(29)30)13-14-35(2,32)33)27-25(31)34-15-20-18-11-6-4-9-16(18)17-10-5-7-12-19(17)20/h4-7,9-12,20-22H,3,8,13-15H2,1-2H3,(H,26,28)(H,27,31)(H,29,30)/t21-,22?/m0/s1. The molecule has 0 bridgehead atoms. The molecule has 9 nitrogen and oxygen atoms in total. The van der Waals surface area contributed by atoms with Gasteiger partial charge in [0.1, 0.15) is 28.5 Å². The second-order valence-electron chi connectivity index (χ2n) is 8.63. The van der Waals surface area contributed by atoms with Crippen LogP contribution in [0.3, 0.4) is 0 Å². The molecule has 3 rings (SSSR count). The number of fused-ring (bicyclic) bond motifs is 3. The fourth-order valence-corrected chi connectivity index (χ4v) is 4.87. The van der Waals surface area contributed by atoms with E-state index < -0.39 is 39.9 Å². The van der Waals surface area contributed by atoms with Crippen molar-refractivity contribution in [3.63, 3.8) is 0 Å². The molecule has 2 amide bonds. The number of benzene rings is 2. The van der Waals surface area contributed by atoms with E-state index in [2.05, 4.69) is 10.6 Å². The Bertz CT molecular complexity index is 1150. The Morgan fingerprint density at radius 3 is 2.03 bits per heavy atom. The Labute approximate surface area is 204 Å². The third-order valence-corrected chi connectivity index (χ3v) is 6.90. The lowest BCUT2D eigenvalue weighted by atomic mass is 9.98. The first kappa shape index (κ1) is 26.2. The molecule has 3 N–H and O–H groups in total. The molecule has 0 aromatic heterocycles. The number of carboxylic acids is 1. The summed E-state index contributed by atoms with van der Waals surface area (Å²) in [6.45, 7) is 1.89. The van der Waals surface area contributed by atoms with Crippen molar-refractivity contribution in [3.05, 3.63) is 59.7 Å². The first-order chi connectivity index (χ1) is 16.6. The van der Waals surface area contributed by atoms with Crippen LogP contribution in [-0.4, -0.2) is 62.2 Å². The van der Waals surface area contributed by atoms with Gasteiger partial charge in [0.2, 0.25) is 5.91 Å². The van der Waals surface area contributed by atoms with E-state index in [0.29, 0.717) is 6.42 Å². The largest absolute Gasteiger partial charge is 0.480 e. The summed E-state index contributed by atoms with van der Waals surface area (Å²) in [7, 11) is -3.40. The molecule has 0 saturated heterocycles. The monoisotopic (exact) mass is 502 g/mol. The summed E-state index contributed by atoms with van der Waals surface area (Å²) in [6.07, 6.45) is 0.733. The van der Waals surface area contributed by atoms with Crippen molar-refractivity contribution in [2.75, 3.05) is 18.6 Å². The van der Waals surface area contributed by atoms with Crippen LogP contribution in [0.15, 0.2) is 48.5 Å². The summed E-state index contributed by atoms with van der Waals surface area (Å²) in [4.78, 5) is 36.8. The zero-order valence-electron chi connectivity index (χ0n) is 19.7. The van der Waals surface area contributed by atoms with Crippen LogP contribution in [0.1, 0.15) is 43.2 Å². The average molecular weight is 503 g/mol. The molecule has 188 valence electrons. The smallest absolute Gasteiger partial charge is 0.407 e. The van der Waals surface area contributed by atoms with Gasteiger partial charge in [-0.15, -0.1) is 0 Å². The van der Waals surface area contributed by atoms with Crippen LogP contribution in [0.25, 0.3) is 11.1 Å². The minimum atomic E-state index is -3.40. The Morgan fingerprint density at radius 1 is 0.943 bits per heavy atom. The first-order valence-corrected chi connectivity index (χ1v) is 13.5. The number of hydrogen-bond acceptors (Lipinski definition) is 6. The minimum absolute atomic E-state index is 0.0758. The molecule has 2 atom stereocenters. The third kappa shape index (κ3) is 6.82. The number of carbonyl (C=O) groups is 3. The van der Waals surface area contributed by atoms with Crippen LogP contribution in [0.4, 0.5) is 4.79 Å². The number of aliphatic carboxylic acids is 1. The predicted octanol–water partition coefficient (Wildman–Crippen LogP) is 2.70. The van der Waals surface area contributed by atoms with E-state index in [1.165, 1.54) is 0 Å². The molecule has 0 heterocycles. The molecule has 10 heteroatoms. The van der Waals surface area contributed by atoms with Crippen molar-refractivity contribution in [1.82, 2.24) is 10.6 Å². The van der Waals surface area contributed by atoms with Gasteiger partial charge in [-0.3, -0.25) is 4.79 Å². The van der Waals surface area contributed by atoms with Crippen molar-refractivity contribution in [2.45, 2.75) is 44.2 Å². The van der Waals surface area contributed by atoms with Gasteiger partial charge in [-0.05, 0) is 35.1 Å². The molecule has 0 aliphatic heterocycles. The predicted molar refractivity (Wildman–Crippen MR) is 131 cm³/mol. The molecule has 0 saturated carbocycles. The lowest BCUT2D eigenvalue weighted by Crippen LogP contribution is -2.52. The van der Waals surface area contributed by atoms with Crippen molar-refractivity contribution in [1.29, 1.82) is 0 Å². The summed E-state index contributed by atoms with van der Waals surface area (Å²) < 4.78 is 28.2. The van der Waals surface area contributed by atoms with Gasteiger partial charge in [0.25, 0.3) is 0 Å². The number of amides is 2. The number of rotatable bonds is 11. The number of hydrogen-bond donors (Lipinski definition) is 3. The first-order valence-electron chi connectivity index (χ1n) is 11.4. The molecule has 0 radical (unpaired) electrons. The van der Waals surface area contributed by atoms with Crippen LogP contribution in [0.5, 0.6) is 0 Å². The Balaban J connectivity index is 1.63. The van der Waals surface area contributed by atoms with E-state index in [-0.39, 0.29) is 31.1 Å². The maximum Gasteiger partial charge on any atom is 0.407 e. The maximum atomic E-state index is 12.7. The van der Waals surface area contributed by atoms with Crippen LogP contribution < -0.4 is 10.6 Å². The molecular weight excluding hydrogens is 472 g/mol. The molecule has 2 aromatic rings. The highest BCUT2D eigenvalue weighted by atomic mass is 32.2. The van der Waals surface area contributed by atoms with E-state index >= 15 is 0 Å². The van der Waals surface area contributed by atoms with E-state index in [1.54, 1.807) is 0 Å². The molecule has 1 unspecified atom stereocenters. The summed E-state index contributed by atoms with van der Waals surface area (Å²) in [6, 6.07) is 13.4. The summed E-state index contributed by atoms with van der Waals surface area (Å²) in [5.41, 5.74) is 4.29. The number of nitrogens with one attached hydrogen (secondary N) is 2. The fourth-order valence-electron chi connectivity index (χ4n) is 4.20. The summed E-state index contributed by atoms with van der Waals surface area (Å²) in [5.74, 6) is -2.58. The van der Waals surface area contributed by atoms with Crippen LogP contribution >= 0.6 is 0 Å². The number of sulfone groups is 1. The zero-order valence-corrected chi connectivity index (χ0v) is 20.5. The van der Waals surface area contributed by atoms with Gasteiger partial charge in [0.15, 0.2) is 0 Å². The Morgan fingerprint density at radius 2 is 1.51 bits per heavy atom. The second-order valence-corrected chi connectivity index (χ2v) is 10.9. The molecule has 1 aliphatic carbocycles. The minimum Gasteiger partial charge on any atom is -0.480 e. The topological polar surface area (TPSA) is 139 Å². The lowest BCUT2D eigenvalue weighted by Gasteiger charge is -2.21. The maximum absolute atomic E-state index is 12.7. The van der Waals surface area contributed by atoms with Crippen molar-refractivity contribution in [3.8, 4) is 11.1 Å². The normalized spacial score (nSPS) is 14.3. The highest BCUT2D eigenvalue weighted by Gasteiger charge is 2.30. The number of carbonyl (C=O) groups excluding carboxylic acids is 2. The highest BCUT2D eigenvalue weighted by Crippen LogP contribution is 2.44. The van der Waals surface area contributed by atoms with Crippen LogP contribution in [0.2, 0.25) is 0 Å². The van der Waals surface area contributed by atoms with Gasteiger partial charge in [-0.1, -0.05) is 61.9 Å². The summed E-state index contributed by atoms with van der Waals surface area (Å²) in [5, 5.41) is 14.2. The van der Waals surface area contributed by atoms with E-state index in [0.717, 1.165) is 28.5 Å². The average Bonchev–Trinajstić information content (AvgIpc) is 3.13. The van der Waals surface area contributed by atoms with Gasteiger partial charge < -0.3 is 20.5 Å². The van der Waals surface area contributed by atoms with E-state index in [4.69, 9.17) is 4.74 Å². The van der Waals surface area contributed by atoms with Crippen LogP contribution in [0, 0.1) is 0 Å². The second kappa shape index (κ2) is 11.4. The van der Waals surface area contributed by atoms with Gasteiger partial charge in [-0.2, -0.15) is 0 Å². The molecule has 0 fully saturated rings. The van der Waals surface area contributed by atoms with Crippen molar-refractivity contribution < 1.29 is 32.6 Å². The molecule has 2 aromatic carbocycles. The molecule has 1 aliphatic rings. The van der Waals surface area contributed by atoms with Crippen LogP contribution in [-0.2, 0) is 24.2 Å². The van der Waals surface area contributed by atoms with E-state index in [9.17, 15) is 27.9 Å². The number of alkyl carbamates (subject to hydrolysis) is 1. The molecule has 35 heavy (non-hydrogen) atoms. The number of ether oxygens (including phenoxy) is 1. The molecular formula is C25H30N2O7S. The van der Waals surface area contributed by atoms with Crippen molar-refractivity contribution >= 4 is 27.8 Å².